The quantitative estimate of drug-likeness (QED) is 0.274. The van der Waals surface area contributed by atoms with Gasteiger partial charge in [-0.05, 0) is 46.3 Å². The van der Waals surface area contributed by atoms with Gasteiger partial charge in [0.25, 0.3) is 0 Å². The van der Waals surface area contributed by atoms with Gasteiger partial charge in [0.2, 0.25) is 0 Å². The normalized spacial score (nSPS) is 11.9. The maximum atomic E-state index is 6.36. The highest BCUT2D eigenvalue weighted by atomic mass is 79.9. The highest BCUT2D eigenvalue weighted by molar-refractivity contribution is 9.10. The smallest absolute Gasteiger partial charge is 0.160 e. The lowest BCUT2D eigenvalue weighted by Gasteiger charge is -2.08. The summed E-state index contributed by atoms with van der Waals surface area (Å²) in [7, 11) is 0. The molecular formula is C24H14BrNO. The van der Waals surface area contributed by atoms with E-state index in [9.17, 15) is 0 Å². The Morgan fingerprint density at radius 2 is 1.30 bits per heavy atom. The summed E-state index contributed by atoms with van der Waals surface area (Å²) in [6, 6.07) is 29.5. The van der Waals surface area contributed by atoms with E-state index in [1.807, 2.05) is 18.2 Å². The molecule has 0 unspecified atom stereocenters. The molecule has 4 aromatic carbocycles. The molecule has 0 N–H and O–H groups in total. The molecule has 0 aliphatic heterocycles. The zero-order valence-corrected chi connectivity index (χ0v) is 15.9. The van der Waals surface area contributed by atoms with Gasteiger partial charge in [0.1, 0.15) is 5.58 Å². The third kappa shape index (κ3) is 2.00. The molecule has 128 valence electrons. The van der Waals surface area contributed by atoms with Gasteiger partial charge in [0.15, 0.2) is 5.58 Å². The van der Waals surface area contributed by atoms with Gasteiger partial charge in [-0.25, -0.2) is 0 Å². The molecule has 0 fully saturated rings. The molecule has 2 aromatic heterocycles. The van der Waals surface area contributed by atoms with Crippen LogP contribution in [0.5, 0.6) is 0 Å². The predicted octanol–water partition coefficient (Wildman–Crippen LogP) is 7.45. The molecule has 0 aliphatic rings. The van der Waals surface area contributed by atoms with Crippen LogP contribution in [0.2, 0.25) is 0 Å². The standard InChI is InChI=1S/C24H14BrNO/c25-20-11-6-10-17-18-13-14-19-16-9-4-5-12-21(16)27-24(19)23(18)26(22(17)20)15-7-2-1-3-8-15/h1-14H. The van der Waals surface area contributed by atoms with Crippen LogP contribution in [0.4, 0.5) is 0 Å². The zero-order valence-electron chi connectivity index (χ0n) is 14.3. The third-order valence-corrected chi connectivity index (χ3v) is 5.90. The summed E-state index contributed by atoms with van der Waals surface area (Å²) >= 11 is 3.77. The lowest BCUT2D eigenvalue weighted by Crippen LogP contribution is -1.94. The highest BCUT2D eigenvalue weighted by Gasteiger charge is 2.19. The summed E-state index contributed by atoms with van der Waals surface area (Å²) in [6.07, 6.45) is 0. The lowest BCUT2D eigenvalue weighted by atomic mass is 10.1. The van der Waals surface area contributed by atoms with Crippen LogP contribution in [0.15, 0.2) is 93.8 Å². The van der Waals surface area contributed by atoms with Crippen molar-refractivity contribution >= 4 is 59.7 Å². The minimum Gasteiger partial charge on any atom is -0.454 e. The van der Waals surface area contributed by atoms with Crippen molar-refractivity contribution in [1.29, 1.82) is 0 Å². The number of fused-ring (bicyclic) bond motifs is 7. The molecule has 0 radical (unpaired) electrons. The van der Waals surface area contributed by atoms with E-state index >= 15 is 0 Å². The van der Waals surface area contributed by atoms with E-state index in [2.05, 4.69) is 87.2 Å². The van der Waals surface area contributed by atoms with Crippen molar-refractivity contribution in [3.63, 3.8) is 0 Å². The third-order valence-electron chi connectivity index (χ3n) is 5.26. The number of benzene rings is 4. The van der Waals surface area contributed by atoms with Crippen molar-refractivity contribution in [3.8, 4) is 5.69 Å². The molecule has 0 saturated carbocycles. The minimum atomic E-state index is 0.920. The molecule has 0 amide bonds. The van der Waals surface area contributed by atoms with Gasteiger partial charge in [-0.15, -0.1) is 0 Å². The van der Waals surface area contributed by atoms with Crippen molar-refractivity contribution < 1.29 is 4.42 Å². The summed E-state index contributed by atoms with van der Waals surface area (Å²) < 4.78 is 9.74. The van der Waals surface area contributed by atoms with Gasteiger partial charge in [0, 0.05) is 31.7 Å². The Balaban J connectivity index is 1.94. The fourth-order valence-electron chi connectivity index (χ4n) is 4.12. The summed E-state index contributed by atoms with van der Waals surface area (Å²) in [5.74, 6) is 0. The van der Waals surface area contributed by atoms with Gasteiger partial charge in [0.05, 0.1) is 11.0 Å². The van der Waals surface area contributed by atoms with Crippen LogP contribution >= 0.6 is 15.9 Å². The predicted molar refractivity (Wildman–Crippen MR) is 116 cm³/mol. The van der Waals surface area contributed by atoms with Crippen molar-refractivity contribution in [1.82, 2.24) is 4.57 Å². The first-order valence-corrected chi connectivity index (χ1v) is 9.70. The average Bonchev–Trinajstić information content (AvgIpc) is 3.25. The molecule has 3 heteroatoms. The maximum absolute atomic E-state index is 6.36. The van der Waals surface area contributed by atoms with Gasteiger partial charge in [-0.1, -0.05) is 54.6 Å². The van der Waals surface area contributed by atoms with Gasteiger partial charge in [-0.3, -0.25) is 0 Å². The van der Waals surface area contributed by atoms with Crippen LogP contribution in [0.25, 0.3) is 49.4 Å². The lowest BCUT2D eigenvalue weighted by molar-refractivity contribution is 0.671. The largest absolute Gasteiger partial charge is 0.454 e. The van der Waals surface area contributed by atoms with Crippen molar-refractivity contribution in [2.45, 2.75) is 0 Å². The van der Waals surface area contributed by atoms with Crippen LogP contribution in [0, 0.1) is 0 Å². The number of hydrogen-bond acceptors (Lipinski definition) is 1. The first-order valence-electron chi connectivity index (χ1n) is 8.91. The van der Waals surface area contributed by atoms with Gasteiger partial charge in [-0.2, -0.15) is 0 Å². The van der Waals surface area contributed by atoms with E-state index in [4.69, 9.17) is 4.42 Å². The van der Waals surface area contributed by atoms with Crippen LogP contribution in [-0.2, 0) is 0 Å². The van der Waals surface area contributed by atoms with E-state index in [1.165, 1.54) is 10.8 Å². The number of furan rings is 1. The van der Waals surface area contributed by atoms with E-state index in [0.717, 1.165) is 43.1 Å². The Bertz CT molecular complexity index is 1470. The summed E-state index contributed by atoms with van der Waals surface area (Å²) in [5.41, 5.74) is 5.24. The molecule has 2 heterocycles. The Labute approximate surface area is 163 Å². The minimum absolute atomic E-state index is 0.920. The summed E-state index contributed by atoms with van der Waals surface area (Å²) in [6.45, 7) is 0. The van der Waals surface area contributed by atoms with Crippen molar-refractivity contribution in [2.75, 3.05) is 0 Å². The second kappa shape index (κ2) is 5.48. The SMILES string of the molecule is Brc1cccc2c3ccc4c5ccccc5oc4c3n(-c3ccccc3)c12. The average molecular weight is 412 g/mol. The van der Waals surface area contributed by atoms with E-state index in [-0.39, 0.29) is 0 Å². The number of halogens is 1. The molecule has 2 nitrogen and oxygen atoms in total. The number of aromatic nitrogens is 1. The summed E-state index contributed by atoms with van der Waals surface area (Å²) in [5, 5.41) is 4.71. The second-order valence-electron chi connectivity index (χ2n) is 6.74. The number of nitrogens with zero attached hydrogens (tertiary/aromatic N) is 1. The van der Waals surface area contributed by atoms with Crippen LogP contribution in [-0.4, -0.2) is 4.57 Å². The van der Waals surface area contributed by atoms with Gasteiger partial charge >= 0.3 is 0 Å². The summed E-state index contributed by atoms with van der Waals surface area (Å²) in [4.78, 5) is 0. The number of rotatable bonds is 1. The molecule has 0 aliphatic carbocycles. The van der Waals surface area contributed by atoms with E-state index < -0.39 is 0 Å². The monoisotopic (exact) mass is 411 g/mol. The van der Waals surface area contributed by atoms with Crippen molar-refractivity contribution in [3.05, 3.63) is 89.4 Å². The molecule has 0 saturated heterocycles. The molecule has 0 spiro atoms. The van der Waals surface area contributed by atoms with Crippen LogP contribution in [0.1, 0.15) is 0 Å². The fraction of sp³-hybridized carbons (Fsp3) is 0. The molecule has 6 rings (SSSR count). The van der Waals surface area contributed by atoms with Gasteiger partial charge < -0.3 is 8.98 Å². The number of hydrogen-bond donors (Lipinski definition) is 0. The van der Waals surface area contributed by atoms with Crippen LogP contribution in [0.3, 0.4) is 0 Å². The molecule has 0 bridgehead atoms. The molecule has 0 atom stereocenters. The first kappa shape index (κ1) is 15.1. The Morgan fingerprint density at radius 3 is 2.19 bits per heavy atom. The van der Waals surface area contributed by atoms with Crippen LogP contribution < -0.4 is 0 Å². The van der Waals surface area contributed by atoms with Crippen molar-refractivity contribution in [2.24, 2.45) is 0 Å². The fourth-order valence-corrected chi connectivity index (χ4v) is 4.66. The van der Waals surface area contributed by atoms with E-state index in [1.54, 1.807) is 0 Å². The Kier molecular flexibility index (Phi) is 3.06. The Morgan fingerprint density at radius 1 is 0.593 bits per heavy atom. The van der Waals surface area contributed by atoms with E-state index in [0.29, 0.717) is 0 Å². The number of para-hydroxylation sites is 3. The molecular weight excluding hydrogens is 398 g/mol. The topological polar surface area (TPSA) is 18.1 Å². The molecule has 6 aromatic rings. The second-order valence-corrected chi connectivity index (χ2v) is 7.60. The first-order chi connectivity index (χ1) is 13.3. The Hall–Kier alpha value is -3.04. The highest BCUT2D eigenvalue weighted by Crippen LogP contribution is 2.41. The zero-order chi connectivity index (χ0) is 18.0. The maximum Gasteiger partial charge on any atom is 0.160 e. The molecule has 27 heavy (non-hydrogen) atoms.